The highest BCUT2D eigenvalue weighted by atomic mass is 16.6. The van der Waals surface area contributed by atoms with E-state index in [0.29, 0.717) is 0 Å². The molecule has 1 aliphatic heterocycles. The smallest absolute Gasteiger partial charge is 0.375 e. The van der Waals surface area contributed by atoms with Gasteiger partial charge in [-0.05, 0) is 5.41 Å². The minimum atomic E-state index is -0.556. The molecule has 1 fully saturated rings. The number of nitrogens with zero attached hydrogens (tertiary/aromatic N) is 1. The summed E-state index contributed by atoms with van der Waals surface area (Å²) in [5, 5.41) is 0. The van der Waals surface area contributed by atoms with Crippen molar-refractivity contribution in [2.24, 2.45) is 5.41 Å². The van der Waals surface area contributed by atoms with Crippen molar-refractivity contribution < 1.29 is 14.3 Å². The third-order valence-corrected chi connectivity index (χ3v) is 1.91. The Morgan fingerprint density at radius 2 is 1.83 bits per heavy atom. The summed E-state index contributed by atoms with van der Waals surface area (Å²) in [4.78, 5) is 23.4. The normalized spacial score (nSPS) is 24.7. The number of cyclic esters (lactones) is 2. The predicted octanol–water partition coefficient (Wildman–Crippen LogP) is 1.01. The average Bonchev–Trinajstić information content (AvgIpc) is 2.05. The molecule has 0 aromatic heterocycles. The van der Waals surface area contributed by atoms with Gasteiger partial charge < -0.3 is 4.74 Å². The number of amides is 1. The summed E-state index contributed by atoms with van der Waals surface area (Å²) in [5.74, 6) is -0.449. The molecule has 0 aliphatic carbocycles. The van der Waals surface area contributed by atoms with Gasteiger partial charge in [0.2, 0.25) is 0 Å². The quantitative estimate of drug-likeness (QED) is 0.403. The molecule has 1 aliphatic rings. The lowest BCUT2D eigenvalue weighted by molar-refractivity contribution is -0.138. The van der Waals surface area contributed by atoms with Crippen molar-refractivity contribution in [3.8, 4) is 0 Å². The second kappa shape index (κ2) is 2.47. The van der Waals surface area contributed by atoms with E-state index >= 15 is 0 Å². The number of carbonyl (C=O) groups excluding carboxylic acids is 2. The van der Waals surface area contributed by atoms with Crippen LogP contribution in [-0.2, 0) is 9.53 Å². The molecule has 0 spiro atoms. The van der Waals surface area contributed by atoms with Crippen LogP contribution in [0.25, 0.3) is 0 Å². The number of carbonyl (C=O) groups is 2. The Morgan fingerprint density at radius 1 is 1.33 bits per heavy atom. The fourth-order valence-corrected chi connectivity index (χ4v) is 1.41. The Balaban J connectivity index is 2.91. The van der Waals surface area contributed by atoms with Crippen molar-refractivity contribution in [2.75, 3.05) is 7.05 Å². The molecular formula is C8H13NO3. The third kappa shape index (κ3) is 1.29. The van der Waals surface area contributed by atoms with Gasteiger partial charge in [-0.15, -0.1) is 0 Å². The van der Waals surface area contributed by atoms with Crippen molar-refractivity contribution in [2.45, 2.75) is 26.8 Å². The van der Waals surface area contributed by atoms with Gasteiger partial charge in [0, 0.05) is 7.05 Å². The van der Waals surface area contributed by atoms with Gasteiger partial charge in [-0.3, -0.25) is 4.90 Å². The molecule has 0 aromatic rings. The summed E-state index contributed by atoms with van der Waals surface area (Å²) in [6, 6.07) is -0.454. The predicted molar refractivity (Wildman–Crippen MR) is 42.5 cm³/mol. The summed E-state index contributed by atoms with van der Waals surface area (Å²) in [6.45, 7) is 5.69. The van der Waals surface area contributed by atoms with E-state index in [1.165, 1.54) is 4.90 Å². The molecule has 1 rings (SSSR count). The minimum Gasteiger partial charge on any atom is -0.375 e. The van der Waals surface area contributed by atoms with Crippen molar-refractivity contribution in [3.05, 3.63) is 0 Å². The number of hydrogen-bond donors (Lipinski definition) is 0. The minimum absolute atomic E-state index is 0.266. The molecule has 1 atom stereocenters. The van der Waals surface area contributed by atoms with Crippen LogP contribution in [0.15, 0.2) is 0 Å². The number of esters is 1. The molecule has 0 radical (unpaired) electrons. The highest BCUT2D eigenvalue weighted by Gasteiger charge is 2.45. The first kappa shape index (κ1) is 9.03. The van der Waals surface area contributed by atoms with E-state index in [9.17, 15) is 9.59 Å². The largest absolute Gasteiger partial charge is 0.418 e. The Labute approximate surface area is 71.5 Å². The Morgan fingerprint density at radius 3 is 2.00 bits per heavy atom. The van der Waals surface area contributed by atoms with E-state index in [1.54, 1.807) is 7.05 Å². The van der Waals surface area contributed by atoms with E-state index in [4.69, 9.17) is 0 Å². The highest BCUT2D eigenvalue weighted by Crippen LogP contribution is 2.28. The van der Waals surface area contributed by atoms with E-state index in [-0.39, 0.29) is 5.41 Å². The van der Waals surface area contributed by atoms with Crippen molar-refractivity contribution in [1.82, 2.24) is 4.90 Å². The second-order valence-corrected chi connectivity index (χ2v) is 4.07. The Hall–Kier alpha value is -1.06. The number of ether oxygens (including phenoxy) is 1. The van der Waals surface area contributed by atoms with Gasteiger partial charge in [-0.2, -0.15) is 0 Å². The van der Waals surface area contributed by atoms with Crippen LogP contribution in [0, 0.1) is 5.41 Å². The van der Waals surface area contributed by atoms with Crippen LogP contribution in [0.3, 0.4) is 0 Å². The molecule has 68 valence electrons. The Bertz CT molecular complexity index is 229. The second-order valence-electron chi connectivity index (χ2n) is 4.07. The third-order valence-electron chi connectivity index (χ3n) is 1.91. The molecule has 0 unspecified atom stereocenters. The zero-order valence-electron chi connectivity index (χ0n) is 7.75. The van der Waals surface area contributed by atoms with Gasteiger partial charge in [0.05, 0.1) is 0 Å². The van der Waals surface area contributed by atoms with Crippen LogP contribution in [0.4, 0.5) is 4.79 Å². The van der Waals surface area contributed by atoms with Crippen LogP contribution in [0.2, 0.25) is 0 Å². The van der Waals surface area contributed by atoms with Gasteiger partial charge in [-0.25, -0.2) is 9.59 Å². The van der Waals surface area contributed by atoms with Crippen LogP contribution < -0.4 is 0 Å². The maximum absolute atomic E-state index is 11.2. The standard InChI is InChI=1S/C8H13NO3/c1-8(2,3)5-6(10)12-7(11)9(5)4/h5H,1-4H3/t5-/m0/s1. The number of likely N-dealkylation sites (N-methyl/N-ethyl adjacent to an activating group) is 1. The van der Waals surface area contributed by atoms with Crippen molar-refractivity contribution >= 4 is 12.1 Å². The van der Waals surface area contributed by atoms with Gasteiger partial charge >= 0.3 is 12.1 Å². The van der Waals surface area contributed by atoms with Crippen LogP contribution in [0.5, 0.6) is 0 Å². The molecule has 0 N–H and O–H groups in total. The number of hydrogen-bond acceptors (Lipinski definition) is 3. The molecule has 0 saturated carbocycles. The Kier molecular flexibility index (Phi) is 1.86. The molecular weight excluding hydrogens is 158 g/mol. The lowest BCUT2D eigenvalue weighted by Gasteiger charge is -2.27. The maximum Gasteiger partial charge on any atom is 0.418 e. The zero-order valence-corrected chi connectivity index (χ0v) is 7.75. The van der Waals surface area contributed by atoms with Crippen LogP contribution in [0.1, 0.15) is 20.8 Å². The molecule has 1 amide bonds. The fraction of sp³-hybridized carbons (Fsp3) is 0.750. The molecule has 0 bridgehead atoms. The fourth-order valence-electron chi connectivity index (χ4n) is 1.41. The molecule has 4 heteroatoms. The van der Waals surface area contributed by atoms with E-state index in [0.717, 1.165) is 0 Å². The monoisotopic (exact) mass is 171 g/mol. The van der Waals surface area contributed by atoms with Gasteiger partial charge in [0.25, 0.3) is 0 Å². The first-order chi connectivity index (χ1) is 5.34. The maximum atomic E-state index is 11.2. The first-order valence-corrected chi connectivity index (χ1v) is 3.82. The zero-order chi connectivity index (χ0) is 9.52. The molecule has 4 nitrogen and oxygen atoms in total. The lowest BCUT2D eigenvalue weighted by atomic mass is 9.86. The SMILES string of the molecule is CN1C(=O)OC(=O)[C@H]1C(C)(C)C. The molecule has 0 aromatic carbocycles. The van der Waals surface area contributed by atoms with Crippen LogP contribution in [-0.4, -0.2) is 30.1 Å². The van der Waals surface area contributed by atoms with Crippen molar-refractivity contribution in [1.29, 1.82) is 0 Å². The van der Waals surface area contributed by atoms with E-state index < -0.39 is 18.1 Å². The van der Waals surface area contributed by atoms with Gasteiger partial charge in [0.1, 0.15) is 6.04 Å². The summed E-state index contributed by atoms with van der Waals surface area (Å²) >= 11 is 0. The summed E-state index contributed by atoms with van der Waals surface area (Å²) < 4.78 is 4.46. The molecule has 1 saturated heterocycles. The average molecular weight is 171 g/mol. The summed E-state index contributed by atoms with van der Waals surface area (Å²) in [6.07, 6.45) is -0.556. The number of rotatable bonds is 0. The van der Waals surface area contributed by atoms with E-state index in [2.05, 4.69) is 4.74 Å². The first-order valence-electron chi connectivity index (χ1n) is 3.82. The summed E-state index contributed by atoms with van der Waals surface area (Å²) in [7, 11) is 1.57. The summed E-state index contributed by atoms with van der Waals surface area (Å²) in [5.41, 5.74) is -0.266. The van der Waals surface area contributed by atoms with Crippen molar-refractivity contribution in [3.63, 3.8) is 0 Å². The lowest BCUT2D eigenvalue weighted by Crippen LogP contribution is -2.41. The van der Waals surface area contributed by atoms with Crippen LogP contribution >= 0.6 is 0 Å². The van der Waals surface area contributed by atoms with E-state index in [1.807, 2.05) is 20.8 Å². The highest BCUT2D eigenvalue weighted by molar-refractivity contribution is 5.95. The molecule has 12 heavy (non-hydrogen) atoms. The molecule has 1 heterocycles. The van der Waals surface area contributed by atoms with Gasteiger partial charge in [-0.1, -0.05) is 20.8 Å². The van der Waals surface area contributed by atoms with Gasteiger partial charge in [0.15, 0.2) is 0 Å². The topological polar surface area (TPSA) is 46.6 Å².